The van der Waals surface area contributed by atoms with Crippen LogP contribution in [0.3, 0.4) is 0 Å². The number of benzene rings is 2. The maximum absolute atomic E-state index is 3.26. The quantitative estimate of drug-likeness (QED) is 0.776. The lowest BCUT2D eigenvalue weighted by atomic mass is 10.1. The van der Waals surface area contributed by atoms with Crippen molar-refractivity contribution in [3.8, 4) is 0 Å². The van der Waals surface area contributed by atoms with Crippen LogP contribution in [0, 0.1) is 6.92 Å². The number of rotatable bonds is 2. The fourth-order valence-corrected chi connectivity index (χ4v) is 3.28. The Morgan fingerprint density at radius 3 is 2.27 bits per heavy atom. The summed E-state index contributed by atoms with van der Waals surface area (Å²) in [6.07, 6.45) is 2.00. The summed E-state index contributed by atoms with van der Waals surface area (Å²) < 4.78 is 0. The summed E-state index contributed by atoms with van der Waals surface area (Å²) in [5, 5.41) is 1.29. The third-order valence-corrected chi connectivity index (χ3v) is 4.55. The number of hydrogen-bond donors (Lipinski definition) is 1. The minimum atomic E-state index is 1.07. The van der Waals surface area contributed by atoms with Gasteiger partial charge in [-0.3, -0.25) is 0 Å². The van der Waals surface area contributed by atoms with Gasteiger partial charge in [-0.1, -0.05) is 12.1 Å². The van der Waals surface area contributed by atoms with Gasteiger partial charge in [-0.05, 0) is 48.9 Å². The summed E-state index contributed by atoms with van der Waals surface area (Å²) >= 11 is 0. The van der Waals surface area contributed by atoms with Gasteiger partial charge in [0.15, 0.2) is 0 Å². The van der Waals surface area contributed by atoms with Crippen LogP contribution in [0.1, 0.15) is 5.56 Å². The Bertz CT molecular complexity index is 782. The second-order valence-corrected chi connectivity index (χ2v) is 6.06. The number of H-pyrrole nitrogens is 1. The first-order valence-electron chi connectivity index (χ1n) is 7.93. The van der Waals surface area contributed by atoms with Crippen molar-refractivity contribution in [2.75, 3.05) is 36.0 Å². The third-order valence-electron chi connectivity index (χ3n) is 4.55. The van der Waals surface area contributed by atoms with Crippen LogP contribution in [-0.4, -0.2) is 31.2 Å². The Kier molecular flexibility index (Phi) is 3.26. The van der Waals surface area contributed by atoms with Crippen molar-refractivity contribution >= 4 is 22.3 Å². The summed E-state index contributed by atoms with van der Waals surface area (Å²) in [6, 6.07) is 17.6. The van der Waals surface area contributed by atoms with E-state index in [1.54, 1.807) is 0 Å². The van der Waals surface area contributed by atoms with Crippen LogP contribution in [0.5, 0.6) is 0 Å². The Hall–Kier alpha value is -2.42. The monoisotopic (exact) mass is 291 g/mol. The van der Waals surface area contributed by atoms with E-state index in [0.29, 0.717) is 0 Å². The first-order chi connectivity index (χ1) is 10.8. The zero-order chi connectivity index (χ0) is 14.9. The Labute approximate surface area is 131 Å². The average Bonchev–Trinajstić information content (AvgIpc) is 3.02. The molecule has 1 aliphatic heterocycles. The highest BCUT2D eigenvalue weighted by Crippen LogP contribution is 2.24. The lowest BCUT2D eigenvalue weighted by Gasteiger charge is -2.37. The Morgan fingerprint density at radius 1 is 0.818 bits per heavy atom. The minimum absolute atomic E-state index is 1.07. The number of hydrogen-bond acceptors (Lipinski definition) is 2. The molecule has 0 atom stereocenters. The van der Waals surface area contributed by atoms with Crippen LogP contribution in [0.2, 0.25) is 0 Å². The van der Waals surface area contributed by atoms with E-state index in [1.807, 2.05) is 6.20 Å². The van der Waals surface area contributed by atoms with Crippen LogP contribution in [0.15, 0.2) is 54.7 Å². The number of anilines is 2. The van der Waals surface area contributed by atoms with E-state index in [2.05, 4.69) is 70.2 Å². The van der Waals surface area contributed by atoms with Crippen LogP contribution in [0.4, 0.5) is 11.4 Å². The molecule has 0 saturated carbocycles. The van der Waals surface area contributed by atoms with Gasteiger partial charge in [0.05, 0.1) is 0 Å². The van der Waals surface area contributed by atoms with Crippen molar-refractivity contribution in [3.63, 3.8) is 0 Å². The van der Waals surface area contributed by atoms with E-state index in [0.717, 1.165) is 26.2 Å². The van der Waals surface area contributed by atoms with Crippen LogP contribution in [0.25, 0.3) is 10.9 Å². The van der Waals surface area contributed by atoms with Crippen molar-refractivity contribution in [1.29, 1.82) is 0 Å². The smallest absolute Gasteiger partial charge is 0.0455 e. The molecule has 0 amide bonds. The molecule has 4 rings (SSSR count). The first-order valence-corrected chi connectivity index (χ1v) is 7.93. The molecule has 22 heavy (non-hydrogen) atoms. The molecule has 0 unspecified atom stereocenters. The highest BCUT2D eigenvalue weighted by molar-refractivity contribution is 5.83. The standard InChI is InChI=1S/C19H21N3/c1-15-3-2-4-17(13-15)21-9-11-22(12-10-21)18-5-6-19-16(14-18)7-8-20-19/h2-8,13-14,20H,9-12H2,1H3. The molecule has 3 nitrogen and oxygen atoms in total. The summed E-state index contributed by atoms with van der Waals surface area (Å²) in [4.78, 5) is 8.23. The van der Waals surface area contributed by atoms with E-state index < -0.39 is 0 Å². The largest absolute Gasteiger partial charge is 0.368 e. The lowest BCUT2D eigenvalue weighted by Crippen LogP contribution is -2.46. The van der Waals surface area contributed by atoms with E-state index >= 15 is 0 Å². The molecular formula is C19H21N3. The maximum Gasteiger partial charge on any atom is 0.0455 e. The van der Waals surface area contributed by atoms with Crippen molar-refractivity contribution in [2.24, 2.45) is 0 Å². The highest BCUT2D eigenvalue weighted by Gasteiger charge is 2.17. The lowest BCUT2D eigenvalue weighted by molar-refractivity contribution is 0.653. The topological polar surface area (TPSA) is 22.3 Å². The summed E-state index contributed by atoms with van der Waals surface area (Å²) in [5.74, 6) is 0. The molecule has 3 heteroatoms. The van der Waals surface area contributed by atoms with E-state index in [9.17, 15) is 0 Å². The van der Waals surface area contributed by atoms with Gasteiger partial charge in [0.2, 0.25) is 0 Å². The number of fused-ring (bicyclic) bond motifs is 1. The average molecular weight is 291 g/mol. The molecule has 0 radical (unpaired) electrons. The molecule has 1 saturated heterocycles. The molecular weight excluding hydrogens is 270 g/mol. The summed E-state index contributed by atoms with van der Waals surface area (Å²) in [6.45, 7) is 6.46. The molecule has 1 aromatic heterocycles. The maximum atomic E-state index is 3.26. The first kappa shape index (κ1) is 13.3. The van der Waals surface area contributed by atoms with Crippen LogP contribution >= 0.6 is 0 Å². The van der Waals surface area contributed by atoms with Gasteiger partial charge in [0.25, 0.3) is 0 Å². The molecule has 0 aliphatic carbocycles. The molecule has 2 heterocycles. The SMILES string of the molecule is Cc1cccc(N2CCN(c3ccc4[nH]ccc4c3)CC2)c1. The van der Waals surface area contributed by atoms with Gasteiger partial charge >= 0.3 is 0 Å². The van der Waals surface area contributed by atoms with Gasteiger partial charge in [0, 0.05) is 54.7 Å². The highest BCUT2D eigenvalue weighted by atomic mass is 15.3. The van der Waals surface area contributed by atoms with Crippen molar-refractivity contribution < 1.29 is 0 Å². The molecule has 1 N–H and O–H groups in total. The normalized spacial score (nSPS) is 15.5. The zero-order valence-corrected chi connectivity index (χ0v) is 12.9. The molecule has 2 aromatic carbocycles. The zero-order valence-electron chi connectivity index (χ0n) is 12.9. The van der Waals surface area contributed by atoms with Crippen LogP contribution < -0.4 is 9.80 Å². The number of nitrogens with one attached hydrogen (secondary N) is 1. The second-order valence-electron chi connectivity index (χ2n) is 6.06. The molecule has 0 bridgehead atoms. The number of aromatic amines is 1. The Balaban J connectivity index is 1.49. The summed E-state index contributed by atoms with van der Waals surface area (Å²) in [5.41, 5.74) is 5.22. The fourth-order valence-electron chi connectivity index (χ4n) is 3.28. The Morgan fingerprint density at radius 2 is 1.55 bits per heavy atom. The van der Waals surface area contributed by atoms with Crippen molar-refractivity contribution in [1.82, 2.24) is 4.98 Å². The summed E-state index contributed by atoms with van der Waals surface area (Å²) in [7, 11) is 0. The van der Waals surface area contributed by atoms with E-state index in [-0.39, 0.29) is 0 Å². The molecule has 112 valence electrons. The predicted molar refractivity (Wildman–Crippen MR) is 93.9 cm³/mol. The van der Waals surface area contributed by atoms with E-state index in [1.165, 1.54) is 27.8 Å². The van der Waals surface area contributed by atoms with Gasteiger partial charge in [0.1, 0.15) is 0 Å². The molecule has 3 aromatic rings. The number of nitrogens with zero attached hydrogens (tertiary/aromatic N) is 2. The minimum Gasteiger partial charge on any atom is -0.368 e. The predicted octanol–water partition coefficient (Wildman–Crippen LogP) is 3.80. The van der Waals surface area contributed by atoms with Gasteiger partial charge in [-0.15, -0.1) is 0 Å². The fraction of sp³-hybridized carbons (Fsp3) is 0.263. The number of piperazine rings is 1. The second kappa shape index (κ2) is 5.41. The third kappa shape index (κ3) is 2.43. The van der Waals surface area contributed by atoms with E-state index in [4.69, 9.17) is 0 Å². The molecule has 1 aliphatic rings. The van der Waals surface area contributed by atoms with Crippen molar-refractivity contribution in [3.05, 3.63) is 60.3 Å². The van der Waals surface area contributed by atoms with Crippen LogP contribution in [-0.2, 0) is 0 Å². The number of aromatic nitrogens is 1. The van der Waals surface area contributed by atoms with Crippen molar-refractivity contribution in [2.45, 2.75) is 6.92 Å². The van der Waals surface area contributed by atoms with Gasteiger partial charge < -0.3 is 14.8 Å². The number of aryl methyl sites for hydroxylation is 1. The van der Waals surface area contributed by atoms with Gasteiger partial charge in [-0.2, -0.15) is 0 Å². The molecule has 0 spiro atoms. The van der Waals surface area contributed by atoms with Gasteiger partial charge in [-0.25, -0.2) is 0 Å². The molecule has 1 fully saturated rings.